The van der Waals surface area contributed by atoms with Gasteiger partial charge in [0.15, 0.2) is 0 Å². The molecule has 0 spiro atoms. The summed E-state index contributed by atoms with van der Waals surface area (Å²) in [6, 6.07) is 18.3. The van der Waals surface area contributed by atoms with Crippen LogP contribution in [0.4, 0.5) is 0 Å². The summed E-state index contributed by atoms with van der Waals surface area (Å²) in [5.41, 5.74) is 6.26. The van der Waals surface area contributed by atoms with Crippen molar-refractivity contribution >= 4 is 13.2 Å². The van der Waals surface area contributed by atoms with Crippen LogP contribution in [-0.2, 0) is 0 Å². The molecule has 0 atom stereocenters. The Hall–Kier alpha value is -1.13. The van der Waals surface area contributed by atoms with Crippen LogP contribution < -0.4 is 5.30 Å². The van der Waals surface area contributed by atoms with Crippen LogP contribution in [0.25, 0.3) is 11.1 Å². The van der Waals surface area contributed by atoms with E-state index in [1.165, 1.54) is 75.3 Å². The minimum Gasteiger partial charge on any atom is -0.0687 e. The molecule has 2 saturated carbocycles. The number of benzene rings is 2. The Kier molecular flexibility index (Phi) is 6.11. The number of aryl methyl sites for hydroxylation is 1. The fourth-order valence-electron chi connectivity index (χ4n) is 5.17. The molecule has 0 N–H and O–H groups in total. The van der Waals surface area contributed by atoms with Gasteiger partial charge in [-0.2, -0.15) is 0 Å². The van der Waals surface area contributed by atoms with Crippen molar-refractivity contribution in [3.8, 4) is 11.1 Å². The van der Waals surface area contributed by atoms with E-state index in [1.54, 1.807) is 10.9 Å². The zero-order chi connectivity index (χ0) is 17.8. The van der Waals surface area contributed by atoms with E-state index in [9.17, 15) is 0 Å². The third kappa shape index (κ3) is 4.07. The molecule has 0 unspecified atom stereocenters. The Morgan fingerprint density at radius 1 is 0.654 bits per heavy atom. The van der Waals surface area contributed by atoms with Crippen LogP contribution in [0.5, 0.6) is 0 Å². The summed E-state index contributed by atoms with van der Waals surface area (Å²) >= 11 is 0. The zero-order valence-electron chi connectivity index (χ0n) is 16.3. The monoisotopic (exact) mass is 364 g/mol. The quantitative estimate of drug-likeness (QED) is 0.495. The molecule has 0 heterocycles. The summed E-state index contributed by atoms with van der Waals surface area (Å²) in [5, 5.41) is 1.73. The second-order valence-corrected chi connectivity index (χ2v) is 11.1. The summed E-state index contributed by atoms with van der Waals surface area (Å²) < 4.78 is 0. The maximum absolute atomic E-state index is 2.52. The lowest BCUT2D eigenvalue weighted by atomic mass is 9.99. The summed E-state index contributed by atoms with van der Waals surface area (Å²) in [4.78, 5) is 0. The van der Waals surface area contributed by atoms with Crippen molar-refractivity contribution in [1.29, 1.82) is 0 Å². The van der Waals surface area contributed by atoms with E-state index in [0.717, 1.165) is 11.3 Å². The van der Waals surface area contributed by atoms with Gasteiger partial charge in [0, 0.05) is 0 Å². The van der Waals surface area contributed by atoms with E-state index in [-0.39, 0.29) is 7.92 Å². The fraction of sp³-hybridized carbons (Fsp3) is 0.520. The van der Waals surface area contributed by atoms with Crippen molar-refractivity contribution in [3.63, 3.8) is 0 Å². The second kappa shape index (κ2) is 8.71. The molecule has 2 aliphatic rings. The van der Waals surface area contributed by atoms with Gasteiger partial charge in [0.1, 0.15) is 0 Å². The van der Waals surface area contributed by atoms with Gasteiger partial charge < -0.3 is 0 Å². The normalized spacial score (nSPS) is 19.8. The molecular formula is C25H33P. The van der Waals surface area contributed by atoms with Gasteiger partial charge in [0.2, 0.25) is 0 Å². The first-order valence-corrected chi connectivity index (χ1v) is 12.3. The zero-order valence-corrected chi connectivity index (χ0v) is 17.2. The van der Waals surface area contributed by atoms with Crippen molar-refractivity contribution in [1.82, 2.24) is 0 Å². The van der Waals surface area contributed by atoms with Crippen LogP contribution in [0.1, 0.15) is 69.8 Å². The molecule has 2 aliphatic carbocycles. The molecule has 2 aromatic carbocycles. The molecule has 2 aromatic rings. The summed E-state index contributed by atoms with van der Waals surface area (Å²) in [7, 11) is 0.00578. The highest BCUT2D eigenvalue weighted by molar-refractivity contribution is 7.67. The van der Waals surface area contributed by atoms with E-state index in [4.69, 9.17) is 0 Å². The molecule has 1 heteroatoms. The first kappa shape index (κ1) is 18.2. The van der Waals surface area contributed by atoms with Gasteiger partial charge in [0.25, 0.3) is 0 Å². The average molecular weight is 365 g/mol. The van der Waals surface area contributed by atoms with Crippen LogP contribution >= 0.6 is 7.92 Å². The summed E-state index contributed by atoms with van der Waals surface area (Å²) in [6.45, 7) is 2.38. The van der Waals surface area contributed by atoms with Crippen molar-refractivity contribution < 1.29 is 0 Å². The van der Waals surface area contributed by atoms with Gasteiger partial charge in [-0.05, 0) is 65.9 Å². The highest BCUT2D eigenvalue weighted by Crippen LogP contribution is 2.55. The minimum absolute atomic E-state index is 0.00578. The molecule has 0 radical (unpaired) electrons. The van der Waals surface area contributed by atoms with E-state index in [0.29, 0.717) is 0 Å². The molecule has 26 heavy (non-hydrogen) atoms. The summed E-state index contributed by atoms with van der Waals surface area (Å²) in [5.74, 6) is 0. The highest BCUT2D eigenvalue weighted by atomic mass is 31.1. The Labute approximate surface area is 161 Å². The first-order chi connectivity index (χ1) is 12.8. The van der Waals surface area contributed by atoms with Gasteiger partial charge in [-0.3, -0.25) is 0 Å². The van der Waals surface area contributed by atoms with Crippen molar-refractivity contribution in [2.45, 2.75) is 82.4 Å². The van der Waals surface area contributed by atoms with Gasteiger partial charge in [-0.25, -0.2) is 0 Å². The molecule has 0 nitrogen and oxygen atoms in total. The van der Waals surface area contributed by atoms with Crippen LogP contribution in [0.2, 0.25) is 0 Å². The predicted molar refractivity (Wildman–Crippen MR) is 117 cm³/mol. The number of hydrogen-bond acceptors (Lipinski definition) is 0. The Bertz CT molecular complexity index is 675. The lowest BCUT2D eigenvalue weighted by Gasteiger charge is -2.39. The van der Waals surface area contributed by atoms with E-state index in [1.807, 2.05) is 0 Å². The fourth-order valence-corrected chi connectivity index (χ4v) is 9.11. The highest BCUT2D eigenvalue weighted by Gasteiger charge is 2.32. The van der Waals surface area contributed by atoms with Crippen LogP contribution in [0.3, 0.4) is 0 Å². The van der Waals surface area contributed by atoms with E-state index < -0.39 is 0 Å². The lowest BCUT2D eigenvalue weighted by molar-refractivity contribution is 0.487. The molecule has 0 amide bonds. The van der Waals surface area contributed by atoms with Crippen molar-refractivity contribution in [2.24, 2.45) is 0 Å². The Morgan fingerprint density at radius 3 is 1.77 bits per heavy atom. The SMILES string of the molecule is Cc1cc(-c2ccccc2)ccc1P(C1CCCCC1)C1CCCCC1. The molecular weight excluding hydrogens is 331 g/mol. The summed E-state index contributed by atoms with van der Waals surface area (Å²) in [6.07, 6.45) is 14.8. The van der Waals surface area contributed by atoms with Crippen LogP contribution in [-0.4, -0.2) is 11.3 Å². The number of rotatable bonds is 4. The molecule has 0 aromatic heterocycles. The van der Waals surface area contributed by atoms with E-state index in [2.05, 4.69) is 55.5 Å². The molecule has 0 aliphatic heterocycles. The first-order valence-electron chi connectivity index (χ1n) is 10.8. The standard InChI is InChI=1S/C25H33P/c1-20-19-22(21-11-5-2-6-12-21)17-18-25(20)26(23-13-7-3-8-14-23)24-15-9-4-10-16-24/h2,5-6,11-12,17-19,23-24H,3-4,7-10,13-16H2,1H3. The topological polar surface area (TPSA) is 0 Å². The van der Waals surface area contributed by atoms with Gasteiger partial charge in [-0.15, -0.1) is 0 Å². The maximum atomic E-state index is 2.52. The maximum Gasteiger partial charge on any atom is -0.0166 e. The Balaban J connectivity index is 1.66. The van der Waals surface area contributed by atoms with Crippen LogP contribution in [0, 0.1) is 6.92 Å². The molecule has 4 rings (SSSR count). The van der Waals surface area contributed by atoms with Gasteiger partial charge in [0.05, 0.1) is 0 Å². The van der Waals surface area contributed by atoms with Crippen molar-refractivity contribution in [2.75, 3.05) is 0 Å². The van der Waals surface area contributed by atoms with Crippen LogP contribution in [0.15, 0.2) is 48.5 Å². The minimum atomic E-state index is 0.00578. The smallest absolute Gasteiger partial charge is 0.0166 e. The largest absolute Gasteiger partial charge is 0.0687 e. The molecule has 0 saturated heterocycles. The van der Waals surface area contributed by atoms with Gasteiger partial charge >= 0.3 is 0 Å². The molecule has 138 valence electrons. The van der Waals surface area contributed by atoms with Gasteiger partial charge in [-0.1, -0.05) is 95.0 Å². The third-order valence-corrected chi connectivity index (χ3v) is 10.2. The molecule has 2 fully saturated rings. The van der Waals surface area contributed by atoms with Crippen molar-refractivity contribution in [3.05, 3.63) is 54.1 Å². The molecule has 0 bridgehead atoms. The second-order valence-electron chi connectivity index (χ2n) is 8.36. The third-order valence-electron chi connectivity index (χ3n) is 6.52. The Morgan fingerprint density at radius 2 is 1.23 bits per heavy atom. The predicted octanol–water partition coefficient (Wildman–Crippen LogP) is 7.43. The van der Waals surface area contributed by atoms with E-state index >= 15 is 0 Å². The number of hydrogen-bond donors (Lipinski definition) is 0. The average Bonchev–Trinajstić information content (AvgIpc) is 2.72. The lowest BCUT2D eigenvalue weighted by Crippen LogP contribution is -2.27.